The van der Waals surface area contributed by atoms with E-state index in [0.717, 1.165) is 16.0 Å². The lowest BCUT2D eigenvalue weighted by atomic mass is 10.0. The third kappa shape index (κ3) is 6.01. The molecule has 3 N–H and O–H groups in total. The molecule has 36 heavy (non-hydrogen) atoms. The average Bonchev–Trinajstić information content (AvgIpc) is 2.88. The second-order valence-corrected chi connectivity index (χ2v) is 8.58. The second-order valence-electron chi connectivity index (χ2n) is 8.58. The molecule has 2 bridgehead atoms. The first-order valence-corrected chi connectivity index (χ1v) is 11.7. The van der Waals surface area contributed by atoms with E-state index >= 15 is 0 Å². The van der Waals surface area contributed by atoms with Crippen LogP contribution in [0.3, 0.4) is 0 Å². The van der Waals surface area contributed by atoms with Crippen molar-refractivity contribution in [2.75, 3.05) is 24.5 Å². The van der Waals surface area contributed by atoms with E-state index in [-0.39, 0.29) is 19.7 Å². The van der Waals surface area contributed by atoms with Crippen molar-refractivity contribution in [2.45, 2.75) is 31.5 Å². The highest BCUT2D eigenvalue weighted by Gasteiger charge is 2.39. The highest BCUT2D eigenvalue weighted by molar-refractivity contribution is 6.04. The minimum absolute atomic E-state index is 0.132. The molecular formula is C26H28N4O6. The lowest BCUT2D eigenvalue weighted by molar-refractivity contribution is -0.129. The number of alkyl carbamates (subject to hydrolysis) is 1. The van der Waals surface area contributed by atoms with Gasteiger partial charge in [0.25, 0.3) is 0 Å². The molecule has 2 aliphatic rings. The van der Waals surface area contributed by atoms with Gasteiger partial charge in [-0.1, -0.05) is 54.6 Å². The minimum atomic E-state index is -1.26. The molecule has 10 heteroatoms. The number of nitrogens with one attached hydrogen (secondary N) is 2. The SMILES string of the molecule is O=C(N[C@H]1CC=CCCNC(=O)[C@@H]2CN(C(=O)O)CC(=O)N2c2cccc1c2)OCc1ccccc1. The molecule has 1 fully saturated rings. The summed E-state index contributed by atoms with van der Waals surface area (Å²) >= 11 is 0. The molecule has 2 atom stereocenters. The van der Waals surface area contributed by atoms with Crippen molar-refractivity contribution < 1.29 is 29.0 Å². The number of hydrogen-bond donors (Lipinski definition) is 3. The summed E-state index contributed by atoms with van der Waals surface area (Å²) in [5.74, 6) is -0.924. The first kappa shape index (κ1) is 24.8. The van der Waals surface area contributed by atoms with E-state index in [1.165, 1.54) is 4.90 Å². The zero-order valence-electron chi connectivity index (χ0n) is 19.6. The second kappa shape index (κ2) is 11.4. The maximum absolute atomic E-state index is 13.0. The Hall–Kier alpha value is -4.34. The van der Waals surface area contributed by atoms with Gasteiger partial charge in [-0.3, -0.25) is 19.4 Å². The number of amides is 4. The van der Waals surface area contributed by atoms with Crippen LogP contribution in [0.5, 0.6) is 0 Å². The van der Waals surface area contributed by atoms with Gasteiger partial charge in [0.1, 0.15) is 19.2 Å². The van der Waals surface area contributed by atoms with Gasteiger partial charge in [-0.25, -0.2) is 9.59 Å². The Morgan fingerprint density at radius 1 is 1.08 bits per heavy atom. The van der Waals surface area contributed by atoms with Crippen molar-refractivity contribution in [3.05, 3.63) is 77.9 Å². The number of rotatable bonds is 3. The Bertz CT molecular complexity index is 1150. The van der Waals surface area contributed by atoms with Crippen molar-refractivity contribution in [3.63, 3.8) is 0 Å². The molecule has 4 amide bonds. The van der Waals surface area contributed by atoms with Crippen molar-refractivity contribution in [2.24, 2.45) is 0 Å². The van der Waals surface area contributed by atoms with Crippen LogP contribution in [-0.2, 0) is 20.9 Å². The van der Waals surface area contributed by atoms with Gasteiger partial charge in [-0.15, -0.1) is 0 Å². The highest BCUT2D eigenvalue weighted by Crippen LogP contribution is 2.27. The van der Waals surface area contributed by atoms with Crippen molar-refractivity contribution in [3.8, 4) is 0 Å². The number of fused-ring (bicyclic) bond motifs is 4. The van der Waals surface area contributed by atoms with Gasteiger partial charge in [0.15, 0.2) is 0 Å². The van der Waals surface area contributed by atoms with E-state index in [1.54, 1.807) is 18.2 Å². The lowest BCUT2D eigenvalue weighted by Crippen LogP contribution is -2.62. The Kier molecular flexibility index (Phi) is 7.84. The summed E-state index contributed by atoms with van der Waals surface area (Å²) in [5.41, 5.74) is 2.04. The molecule has 188 valence electrons. The average molecular weight is 493 g/mol. The molecule has 1 saturated heterocycles. The van der Waals surface area contributed by atoms with Gasteiger partial charge >= 0.3 is 12.2 Å². The molecule has 2 aromatic carbocycles. The molecule has 0 aromatic heterocycles. The summed E-state index contributed by atoms with van der Waals surface area (Å²) < 4.78 is 5.39. The molecule has 10 nitrogen and oxygen atoms in total. The lowest BCUT2D eigenvalue weighted by Gasteiger charge is -2.39. The van der Waals surface area contributed by atoms with E-state index in [2.05, 4.69) is 10.6 Å². The maximum Gasteiger partial charge on any atom is 0.407 e. The molecule has 4 rings (SSSR count). The van der Waals surface area contributed by atoms with Crippen LogP contribution in [0.25, 0.3) is 0 Å². The third-order valence-corrected chi connectivity index (χ3v) is 6.08. The van der Waals surface area contributed by atoms with Crippen LogP contribution in [0.1, 0.15) is 30.0 Å². The first-order chi connectivity index (χ1) is 17.4. The Balaban J connectivity index is 1.59. The fourth-order valence-corrected chi connectivity index (χ4v) is 4.26. The maximum atomic E-state index is 13.0. The summed E-state index contributed by atoms with van der Waals surface area (Å²) in [6.45, 7) is -0.0261. The van der Waals surface area contributed by atoms with E-state index in [0.29, 0.717) is 25.1 Å². The topological polar surface area (TPSA) is 128 Å². The van der Waals surface area contributed by atoms with Crippen LogP contribution < -0.4 is 15.5 Å². The van der Waals surface area contributed by atoms with E-state index < -0.39 is 36.1 Å². The Morgan fingerprint density at radius 3 is 2.67 bits per heavy atom. The summed E-state index contributed by atoms with van der Waals surface area (Å²) in [4.78, 5) is 52.3. The number of carbonyl (C=O) groups is 4. The molecule has 0 radical (unpaired) electrons. The summed E-state index contributed by atoms with van der Waals surface area (Å²) in [6.07, 6.45) is 3.00. The van der Waals surface area contributed by atoms with E-state index in [9.17, 15) is 24.3 Å². The van der Waals surface area contributed by atoms with Gasteiger partial charge in [0.2, 0.25) is 11.8 Å². The zero-order valence-corrected chi connectivity index (χ0v) is 19.6. The Morgan fingerprint density at radius 2 is 1.89 bits per heavy atom. The third-order valence-electron chi connectivity index (χ3n) is 6.08. The molecule has 0 unspecified atom stereocenters. The quantitative estimate of drug-likeness (QED) is 0.566. The molecule has 0 spiro atoms. The van der Waals surface area contributed by atoms with Crippen molar-refractivity contribution in [1.29, 1.82) is 0 Å². The number of piperazine rings is 1. The number of carboxylic acid groups (broad SMARTS) is 1. The summed E-state index contributed by atoms with van der Waals surface area (Å²) in [6, 6.07) is 14.9. The number of benzene rings is 2. The monoisotopic (exact) mass is 492 g/mol. The molecule has 2 aliphatic heterocycles. The number of carbonyl (C=O) groups excluding carboxylic acids is 3. The van der Waals surface area contributed by atoms with Crippen LogP contribution in [0.2, 0.25) is 0 Å². The van der Waals surface area contributed by atoms with Crippen molar-refractivity contribution >= 4 is 29.7 Å². The zero-order chi connectivity index (χ0) is 25.5. The summed E-state index contributed by atoms with van der Waals surface area (Å²) in [7, 11) is 0. The predicted octanol–water partition coefficient (Wildman–Crippen LogP) is 2.82. The van der Waals surface area contributed by atoms with Gasteiger partial charge in [-0.05, 0) is 36.1 Å². The van der Waals surface area contributed by atoms with Gasteiger partial charge < -0.3 is 20.5 Å². The molecule has 2 aromatic rings. The fourth-order valence-electron chi connectivity index (χ4n) is 4.26. The predicted molar refractivity (Wildman–Crippen MR) is 131 cm³/mol. The van der Waals surface area contributed by atoms with Gasteiger partial charge in [0.05, 0.1) is 12.6 Å². The minimum Gasteiger partial charge on any atom is -0.465 e. The largest absolute Gasteiger partial charge is 0.465 e. The van der Waals surface area contributed by atoms with Gasteiger partial charge in [0, 0.05) is 12.2 Å². The normalized spacial score (nSPS) is 20.2. The smallest absolute Gasteiger partial charge is 0.407 e. The number of ether oxygens (including phenoxy) is 1. The number of hydrogen-bond acceptors (Lipinski definition) is 5. The van der Waals surface area contributed by atoms with Gasteiger partial charge in [-0.2, -0.15) is 0 Å². The van der Waals surface area contributed by atoms with Crippen molar-refractivity contribution in [1.82, 2.24) is 15.5 Å². The Labute approximate surface area is 208 Å². The first-order valence-electron chi connectivity index (χ1n) is 11.7. The van der Waals surface area contributed by atoms with Crippen LogP contribution in [0.15, 0.2) is 66.7 Å². The summed E-state index contributed by atoms with van der Waals surface area (Å²) in [5, 5.41) is 15.1. The molecule has 0 saturated carbocycles. The number of nitrogens with zero attached hydrogens (tertiary/aromatic N) is 2. The highest BCUT2D eigenvalue weighted by atomic mass is 16.5. The van der Waals surface area contributed by atoms with Crippen LogP contribution in [0.4, 0.5) is 15.3 Å². The fraction of sp³-hybridized carbons (Fsp3) is 0.308. The van der Waals surface area contributed by atoms with Crippen LogP contribution in [0, 0.1) is 0 Å². The van der Waals surface area contributed by atoms with E-state index in [1.807, 2.05) is 48.6 Å². The molecule has 2 heterocycles. The molecular weight excluding hydrogens is 464 g/mol. The van der Waals surface area contributed by atoms with Crippen LogP contribution in [-0.4, -0.2) is 59.7 Å². The number of anilines is 1. The van der Waals surface area contributed by atoms with E-state index in [4.69, 9.17) is 4.74 Å². The standard InChI is InChI=1S/C26H28N4O6/c31-23-16-29(26(34)35)15-22-24(32)27-13-6-2-5-12-21(19-10-7-11-20(14-19)30(22)23)28-25(33)36-17-18-8-3-1-4-9-18/h1-5,7-11,14,21-22H,6,12-13,15-17H2,(H,27,32)(H,28,33)(H,34,35)/t21-,22-/m0/s1. The molecule has 0 aliphatic carbocycles. The van der Waals surface area contributed by atoms with Crippen LogP contribution >= 0.6 is 0 Å².